The molecule has 0 saturated carbocycles. The van der Waals surface area contributed by atoms with Crippen molar-refractivity contribution in [2.75, 3.05) is 19.8 Å². The third-order valence-corrected chi connectivity index (χ3v) is 4.55. The highest BCUT2D eigenvalue weighted by Crippen LogP contribution is 2.40. The SMILES string of the molecule is O=C(O)CCOCCOC(c1ccccc1)(c1ccccc1)c1ccccc1. The number of hydrogen-bond acceptors (Lipinski definition) is 3. The van der Waals surface area contributed by atoms with E-state index in [1.54, 1.807) is 0 Å². The molecule has 4 nitrogen and oxygen atoms in total. The van der Waals surface area contributed by atoms with Gasteiger partial charge in [0.1, 0.15) is 5.60 Å². The molecule has 3 aromatic carbocycles. The smallest absolute Gasteiger partial charge is 0.305 e. The molecule has 0 aliphatic rings. The Hall–Kier alpha value is -2.95. The van der Waals surface area contributed by atoms with Crippen molar-refractivity contribution in [3.63, 3.8) is 0 Å². The zero-order chi connectivity index (χ0) is 19.7. The number of carbonyl (C=O) groups is 1. The van der Waals surface area contributed by atoms with Gasteiger partial charge in [-0.15, -0.1) is 0 Å². The molecule has 4 heteroatoms. The van der Waals surface area contributed by atoms with Crippen LogP contribution in [0.5, 0.6) is 0 Å². The summed E-state index contributed by atoms with van der Waals surface area (Å²) in [4.78, 5) is 10.6. The van der Waals surface area contributed by atoms with E-state index < -0.39 is 11.6 Å². The number of hydrogen-bond donors (Lipinski definition) is 1. The summed E-state index contributed by atoms with van der Waals surface area (Å²) in [5.74, 6) is -0.867. The topological polar surface area (TPSA) is 55.8 Å². The van der Waals surface area contributed by atoms with Crippen molar-refractivity contribution in [2.45, 2.75) is 12.0 Å². The van der Waals surface area contributed by atoms with E-state index in [2.05, 4.69) is 36.4 Å². The fraction of sp³-hybridized carbons (Fsp3) is 0.208. The second-order valence-electron chi connectivity index (χ2n) is 6.38. The van der Waals surface area contributed by atoms with Gasteiger partial charge in [-0.2, -0.15) is 0 Å². The van der Waals surface area contributed by atoms with Crippen LogP contribution in [0, 0.1) is 0 Å². The number of benzene rings is 3. The molecule has 0 aliphatic heterocycles. The number of rotatable bonds is 10. The number of carboxylic acid groups (broad SMARTS) is 1. The van der Waals surface area contributed by atoms with Gasteiger partial charge in [-0.25, -0.2) is 0 Å². The average molecular weight is 376 g/mol. The van der Waals surface area contributed by atoms with Crippen LogP contribution in [0.2, 0.25) is 0 Å². The lowest BCUT2D eigenvalue weighted by Gasteiger charge is -2.36. The second kappa shape index (κ2) is 9.83. The molecular formula is C24H24O4. The molecule has 0 fully saturated rings. The van der Waals surface area contributed by atoms with Gasteiger partial charge >= 0.3 is 5.97 Å². The van der Waals surface area contributed by atoms with Crippen molar-refractivity contribution < 1.29 is 19.4 Å². The van der Waals surface area contributed by atoms with E-state index in [0.29, 0.717) is 13.2 Å². The Kier molecular flexibility index (Phi) is 6.95. The van der Waals surface area contributed by atoms with Crippen LogP contribution in [0.4, 0.5) is 0 Å². The summed E-state index contributed by atoms with van der Waals surface area (Å²) in [6.07, 6.45) is -0.0127. The zero-order valence-electron chi connectivity index (χ0n) is 15.7. The minimum Gasteiger partial charge on any atom is -0.481 e. The third-order valence-electron chi connectivity index (χ3n) is 4.55. The summed E-state index contributed by atoms with van der Waals surface area (Å²) in [7, 11) is 0. The molecular weight excluding hydrogens is 352 g/mol. The van der Waals surface area contributed by atoms with Crippen molar-refractivity contribution in [1.82, 2.24) is 0 Å². The predicted octanol–water partition coefficient (Wildman–Crippen LogP) is 4.49. The lowest BCUT2D eigenvalue weighted by Crippen LogP contribution is -2.34. The first-order valence-electron chi connectivity index (χ1n) is 9.33. The Morgan fingerprint density at radius 1 is 0.679 bits per heavy atom. The van der Waals surface area contributed by atoms with Crippen LogP contribution >= 0.6 is 0 Å². The third kappa shape index (κ3) is 4.66. The first-order chi connectivity index (χ1) is 13.7. The van der Waals surface area contributed by atoms with Crippen LogP contribution in [0.1, 0.15) is 23.1 Å². The summed E-state index contributed by atoms with van der Waals surface area (Å²) < 4.78 is 12.0. The van der Waals surface area contributed by atoms with Gasteiger partial charge in [0.15, 0.2) is 0 Å². The monoisotopic (exact) mass is 376 g/mol. The molecule has 0 aliphatic carbocycles. The molecule has 0 heterocycles. The molecule has 3 rings (SSSR count). The van der Waals surface area contributed by atoms with Crippen molar-refractivity contribution in [3.05, 3.63) is 108 Å². The van der Waals surface area contributed by atoms with Crippen LogP contribution < -0.4 is 0 Å². The summed E-state index contributed by atoms with van der Waals surface area (Å²) >= 11 is 0. The van der Waals surface area contributed by atoms with Gasteiger partial charge in [-0.1, -0.05) is 91.0 Å². The largest absolute Gasteiger partial charge is 0.481 e. The first kappa shape index (κ1) is 19.8. The van der Waals surface area contributed by atoms with Gasteiger partial charge in [0.2, 0.25) is 0 Å². The van der Waals surface area contributed by atoms with Crippen LogP contribution in [0.3, 0.4) is 0 Å². The Morgan fingerprint density at radius 3 is 1.50 bits per heavy atom. The molecule has 0 saturated heterocycles. The summed E-state index contributed by atoms with van der Waals surface area (Å²) in [5, 5.41) is 8.73. The van der Waals surface area contributed by atoms with Crippen LogP contribution in [-0.2, 0) is 19.9 Å². The average Bonchev–Trinajstić information content (AvgIpc) is 2.75. The van der Waals surface area contributed by atoms with Gasteiger partial charge in [0, 0.05) is 0 Å². The van der Waals surface area contributed by atoms with E-state index in [1.807, 2.05) is 54.6 Å². The van der Waals surface area contributed by atoms with E-state index in [0.717, 1.165) is 16.7 Å². The Balaban J connectivity index is 1.94. The highest BCUT2D eigenvalue weighted by Gasteiger charge is 2.37. The van der Waals surface area contributed by atoms with Gasteiger partial charge in [-0.3, -0.25) is 4.79 Å². The maximum Gasteiger partial charge on any atom is 0.305 e. The highest BCUT2D eigenvalue weighted by molar-refractivity contribution is 5.66. The van der Waals surface area contributed by atoms with Crippen molar-refractivity contribution in [3.8, 4) is 0 Å². The molecule has 144 valence electrons. The molecule has 28 heavy (non-hydrogen) atoms. The molecule has 0 amide bonds. The number of carboxylic acids is 1. The second-order valence-corrected chi connectivity index (χ2v) is 6.38. The van der Waals surface area contributed by atoms with Gasteiger partial charge in [0.05, 0.1) is 26.2 Å². The van der Waals surface area contributed by atoms with Crippen molar-refractivity contribution >= 4 is 5.97 Å². The van der Waals surface area contributed by atoms with E-state index in [-0.39, 0.29) is 13.0 Å². The van der Waals surface area contributed by atoms with Gasteiger partial charge in [0.25, 0.3) is 0 Å². The van der Waals surface area contributed by atoms with E-state index in [4.69, 9.17) is 14.6 Å². The highest BCUT2D eigenvalue weighted by atomic mass is 16.5. The normalized spacial score (nSPS) is 11.3. The van der Waals surface area contributed by atoms with Crippen LogP contribution in [0.25, 0.3) is 0 Å². The lowest BCUT2D eigenvalue weighted by atomic mass is 9.80. The Labute approximate surface area is 165 Å². The minimum atomic E-state index is -0.867. The number of ether oxygens (including phenoxy) is 2. The van der Waals surface area contributed by atoms with Crippen molar-refractivity contribution in [1.29, 1.82) is 0 Å². The van der Waals surface area contributed by atoms with Gasteiger partial charge < -0.3 is 14.6 Å². The standard InChI is InChI=1S/C24H24O4/c25-23(26)16-17-27-18-19-28-24(20-10-4-1-5-11-20,21-12-6-2-7-13-21)22-14-8-3-9-15-22/h1-15H,16-19H2,(H,25,26). The van der Waals surface area contributed by atoms with Crippen LogP contribution in [-0.4, -0.2) is 30.9 Å². The molecule has 0 unspecified atom stereocenters. The van der Waals surface area contributed by atoms with Gasteiger partial charge in [-0.05, 0) is 16.7 Å². The fourth-order valence-electron chi connectivity index (χ4n) is 3.28. The quantitative estimate of drug-likeness (QED) is 0.418. The summed E-state index contributed by atoms with van der Waals surface area (Å²) in [6, 6.07) is 30.3. The summed E-state index contributed by atoms with van der Waals surface area (Å²) in [6.45, 7) is 0.827. The lowest BCUT2D eigenvalue weighted by molar-refractivity contribution is -0.138. The molecule has 0 spiro atoms. The maximum absolute atomic E-state index is 10.6. The maximum atomic E-state index is 10.6. The first-order valence-corrected chi connectivity index (χ1v) is 9.33. The molecule has 1 N–H and O–H groups in total. The fourth-order valence-corrected chi connectivity index (χ4v) is 3.28. The van der Waals surface area contributed by atoms with Crippen molar-refractivity contribution in [2.24, 2.45) is 0 Å². The Bertz CT molecular complexity index is 751. The summed E-state index contributed by atoms with van der Waals surface area (Å²) in [5.41, 5.74) is 2.30. The van der Waals surface area contributed by atoms with E-state index >= 15 is 0 Å². The molecule has 0 aromatic heterocycles. The predicted molar refractivity (Wildman–Crippen MR) is 108 cm³/mol. The van der Waals surface area contributed by atoms with E-state index in [1.165, 1.54) is 0 Å². The Morgan fingerprint density at radius 2 is 1.11 bits per heavy atom. The molecule has 0 atom stereocenters. The minimum absolute atomic E-state index is 0.0127. The van der Waals surface area contributed by atoms with E-state index in [9.17, 15) is 4.79 Å². The molecule has 0 radical (unpaired) electrons. The zero-order valence-corrected chi connectivity index (χ0v) is 15.7. The molecule has 0 bridgehead atoms. The molecule has 3 aromatic rings. The number of aliphatic carboxylic acids is 1. The van der Waals surface area contributed by atoms with Crippen LogP contribution in [0.15, 0.2) is 91.0 Å².